The molecule has 1 unspecified atom stereocenters. The first-order valence-electron chi connectivity index (χ1n) is 9.94. The highest BCUT2D eigenvalue weighted by Crippen LogP contribution is 2.15. The molecule has 24 heavy (non-hydrogen) atoms. The first-order valence-corrected chi connectivity index (χ1v) is 9.94. The van der Waals surface area contributed by atoms with Gasteiger partial charge in [0.2, 0.25) is 0 Å². The average molecular weight is 333 g/mol. The van der Waals surface area contributed by atoms with E-state index < -0.39 is 0 Å². The number of carbonyl (C=O) groups excluding carboxylic acids is 1. The Kier molecular flexibility index (Phi) is 12.2. The fraction of sp³-hybridized carbons (Fsp3) is 0.682. The molecule has 0 aromatic heterocycles. The van der Waals surface area contributed by atoms with Gasteiger partial charge in [0, 0.05) is 0 Å². The predicted molar refractivity (Wildman–Crippen MR) is 102 cm³/mol. The van der Waals surface area contributed by atoms with Gasteiger partial charge in [0.25, 0.3) is 0 Å². The third-order valence-corrected chi connectivity index (χ3v) is 4.62. The molecule has 1 aromatic carbocycles. The van der Waals surface area contributed by atoms with Crippen LogP contribution >= 0.6 is 0 Å². The third kappa shape index (κ3) is 10.5. The van der Waals surface area contributed by atoms with Crippen molar-refractivity contribution in [2.24, 2.45) is 5.92 Å². The van der Waals surface area contributed by atoms with Crippen LogP contribution < -0.4 is 0 Å². The monoisotopic (exact) mass is 332 g/mol. The normalized spacial score (nSPS) is 12.1. The Morgan fingerprint density at radius 2 is 1.42 bits per heavy atom. The minimum Gasteiger partial charge on any atom is -0.461 e. The largest absolute Gasteiger partial charge is 0.461 e. The summed E-state index contributed by atoms with van der Waals surface area (Å²) in [4.78, 5) is 12.0. The van der Waals surface area contributed by atoms with Crippen LogP contribution in [0, 0.1) is 5.92 Å². The molecule has 2 heteroatoms. The summed E-state index contributed by atoms with van der Waals surface area (Å²) < 4.78 is 5.39. The van der Waals surface area contributed by atoms with Gasteiger partial charge in [-0.1, -0.05) is 108 Å². The molecule has 0 amide bonds. The maximum Gasteiger partial charge on any atom is 0.308 e. The smallest absolute Gasteiger partial charge is 0.308 e. The van der Waals surface area contributed by atoms with Gasteiger partial charge in [-0.2, -0.15) is 0 Å². The molecule has 2 nitrogen and oxygen atoms in total. The predicted octanol–water partition coefficient (Wildman–Crippen LogP) is 6.68. The lowest BCUT2D eigenvalue weighted by atomic mass is 10.0. The van der Waals surface area contributed by atoms with Crippen LogP contribution in [0.15, 0.2) is 30.3 Å². The lowest BCUT2D eigenvalue weighted by Gasteiger charge is -2.11. The van der Waals surface area contributed by atoms with Crippen molar-refractivity contribution in [1.29, 1.82) is 0 Å². The quantitative estimate of drug-likeness (QED) is 0.281. The number of esters is 1. The van der Waals surface area contributed by atoms with Crippen molar-refractivity contribution in [1.82, 2.24) is 0 Å². The van der Waals surface area contributed by atoms with E-state index in [-0.39, 0.29) is 11.9 Å². The highest BCUT2D eigenvalue weighted by Gasteiger charge is 2.13. The Labute approximate surface area is 149 Å². The molecule has 0 spiro atoms. The Hall–Kier alpha value is -1.31. The Bertz CT molecular complexity index is 413. The molecule has 1 aromatic rings. The fourth-order valence-corrected chi connectivity index (χ4v) is 2.93. The van der Waals surface area contributed by atoms with Crippen molar-refractivity contribution in [3.8, 4) is 0 Å². The maximum absolute atomic E-state index is 12.0. The third-order valence-electron chi connectivity index (χ3n) is 4.62. The topological polar surface area (TPSA) is 26.3 Å². The molecule has 0 bridgehead atoms. The van der Waals surface area contributed by atoms with Crippen LogP contribution in [0.25, 0.3) is 0 Å². The van der Waals surface area contributed by atoms with Gasteiger partial charge in [-0.25, -0.2) is 0 Å². The van der Waals surface area contributed by atoms with E-state index >= 15 is 0 Å². The second-order valence-corrected chi connectivity index (χ2v) is 6.97. The molecule has 0 fully saturated rings. The maximum atomic E-state index is 12.0. The number of carbonyl (C=O) groups is 1. The molecule has 1 atom stereocenters. The molecule has 0 heterocycles. The Morgan fingerprint density at radius 3 is 2.00 bits per heavy atom. The van der Waals surface area contributed by atoms with Crippen molar-refractivity contribution in [2.45, 2.75) is 91.1 Å². The minimum absolute atomic E-state index is 0.0164. The van der Waals surface area contributed by atoms with Crippen LogP contribution in [-0.4, -0.2) is 5.97 Å². The highest BCUT2D eigenvalue weighted by atomic mass is 16.5. The van der Waals surface area contributed by atoms with Crippen molar-refractivity contribution in [3.63, 3.8) is 0 Å². The lowest BCUT2D eigenvalue weighted by Crippen LogP contribution is -2.14. The minimum atomic E-state index is -0.0604. The van der Waals surface area contributed by atoms with Crippen LogP contribution in [-0.2, 0) is 16.1 Å². The van der Waals surface area contributed by atoms with Crippen LogP contribution in [0.4, 0.5) is 0 Å². The van der Waals surface area contributed by atoms with E-state index in [2.05, 4.69) is 6.92 Å². The van der Waals surface area contributed by atoms with Gasteiger partial charge in [0.1, 0.15) is 6.61 Å². The number of benzene rings is 1. The molecule has 0 aliphatic carbocycles. The fourth-order valence-electron chi connectivity index (χ4n) is 2.93. The van der Waals surface area contributed by atoms with Crippen molar-refractivity contribution >= 4 is 5.97 Å². The van der Waals surface area contributed by atoms with E-state index in [1.54, 1.807) is 0 Å². The van der Waals surface area contributed by atoms with E-state index in [0.717, 1.165) is 18.4 Å². The number of unbranched alkanes of at least 4 members (excludes halogenated alkanes) is 9. The van der Waals surface area contributed by atoms with Gasteiger partial charge in [-0.15, -0.1) is 0 Å². The average Bonchev–Trinajstić information content (AvgIpc) is 2.62. The molecule has 136 valence electrons. The summed E-state index contributed by atoms with van der Waals surface area (Å²) in [6, 6.07) is 9.88. The molecule has 0 radical (unpaired) electrons. The van der Waals surface area contributed by atoms with Crippen LogP contribution in [0.2, 0.25) is 0 Å². The summed E-state index contributed by atoms with van der Waals surface area (Å²) in [5, 5.41) is 0. The SMILES string of the molecule is CCCCCCCCCCCCC(C)C(=O)OCc1ccccc1. The number of hydrogen-bond acceptors (Lipinski definition) is 2. The van der Waals surface area contributed by atoms with Gasteiger partial charge >= 0.3 is 5.97 Å². The standard InChI is InChI=1S/C22H36O2/c1-3-4-5-6-7-8-9-10-11-13-16-20(2)22(23)24-19-21-17-14-12-15-18-21/h12,14-15,17-18,20H,3-11,13,16,19H2,1-2H3. The first-order chi connectivity index (χ1) is 11.7. The number of hydrogen-bond donors (Lipinski definition) is 0. The highest BCUT2D eigenvalue weighted by molar-refractivity contribution is 5.71. The molecular weight excluding hydrogens is 296 g/mol. The first kappa shape index (κ1) is 20.7. The van der Waals surface area contributed by atoms with E-state index in [1.807, 2.05) is 37.3 Å². The van der Waals surface area contributed by atoms with Gasteiger partial charge in [0.15, 0.2) is 0 Å². The molecule has 0 aliphatic rings. The van der Waals surface area contributed by atoms with E-state index in [4.69, 9.17) is 4.74 Å². The van der Waals surface area contributed by atoms with Crippen LogP contribution in [0.3, 0.4) is 0 Å². The van der Waals surface area contributed by atoms with Crippen LogP contribution in [0.5, 0.6) is 0 Å². The molecule has 0 N–H and O–H groups in total. The van der Waals surface area contributed by atoms with Gasteiger partial charge in [0.05, 0.1) is 5.92 Å². The summed E-state index contributed by atoms with van der Waals surface area (Å²) in [6.45, 7) is 4.64. The van der Waals surface area contributed by atoms with Gasteiger partial charge in [-0.05, 0) is 12.0 Å². The number of ether oxygens (including phenoxy) is 1. The second-order valence-electron chi connectivity index (χ2n) is 6.97. The van der Waals surface area contributed by atoms with Crippen molar-refractivity contribution in [3.05, 3.63) is 35.9 Å². The molecule has 0 saturated carbocycles. The summed E-state index contributed by atoms with van der Waals surface area (Å²) in [5.41, 5.74) is 1.05. The Balaban J connectivity index is 1.95. The van der Waals surface area contributed by atoms with E-state index in [0.29, 0.717) is 6.61 Å². The van der Waals surface area contributed by atoms with E-state index in [1.165, 1.54) is 57.8 Å². The Morgan fingerprint density at radius 1 is 0.875 bits per heavy atom. The molecular formula is C22H36O2. The summed E-state index contributed by atoms with van der Waals surface area (Å²) in [6.07, 6.45) is 14.3. The van der Waals surface area contributed by atoms with Crippen molar-refractivity contribution < 1.29 is 9.53 Å². The van der Waals surface area contributed by atoms with Gasteiger partial charge in [-0.3, -0.25) is 4.79 Å². The zero-order valence-corrected chi connectivity index (χ0v) is 15.8. The zero-order valence-electron chi connectivity index (χ0n) is 15.8. The lowest BCUT2D eigenvalue weighted by molar-refractivity contribution is -0.149. The van der Waals surface area contributed by atoms with Crippen molar-refractivity contribution in [2.75, 3.05) is 0 Å². The number of rotatable bonds is 14. The zero-order chi connectivity index (χ0) is 17.5. The van der Waals surface area contributed by atoms with E-state index in [9.17, 15) is 4.79 Å². The summed E-state index contributed by atoms with van der Waals surface area (Å²) in [7, 11) is 0. The summed E-state index contributed by atoms with van der Waals surface area (Å²) >= 11 is 0. The second kappa shape index (κ2) is 14.1. The van der Waals surface area contributed by atoms with Gasteiger partial charge < -0.3 is 4.74 Å². The molecule has 0 aliphatic heterocycles. The summed E-state index contributed by atoms with van der Waals surface area (Å²) in [5.74, 6) is -0.0440. The molecule has 0 saturated heterocycles. The van der Waals surface area contributed by atoms with Crippen LogP contribution in [0.1, 0.15) is 90.0 Å². The molecule has 1 rings (SSSR count).